The molecule has 0 bridgehead atoms. The summed E-state index contributed by atoms with van der Waals surface area (Å²) in [6, 6.07) is 11.0. The highest BCUT2D eigenvalue weighted by atomic mass is 35.5. The predicted octanol–water partition coefficient (Wildman–Crippen LogP) is 4.28. The van der Waals surface area contributed by atoms with Crippen molar-refractivity contribution in [2.24, 2.45) is 0 Å². The third-order valence-electron chi connectivity index (χ3n) is 6.88. The predicted molar refractivity (Wildman–Crippen MR) is 158 cm³/mol. The van der Waals surface area contributed by atoms with E-state index in [0.29, 0.717) is 34.0 Å². The maximum Gasteiger partial charge on any atom is 0.260 e. The van der Waals surface area contributed by atoms with Gasteiger partial charge in [0.05, 0.1) is 14.5 Å². The van der Waals surface area contributed by atoms with Crippen LogP contribution in [-0.4, -0.2) is 83.5 Å². The molecule has 0 spiro atoms. The SMILES string of the molecule is CN(C)CCN(C(=O)c1ccc(S(=O)(=O)N(C)C2CCCCC2)cc1)c1nc2c(S(C)(=O)=O)cccc2s1.Cl. The first-order chi connectivity index (χ1) is 17.9. The van der Waals surface area contributed by atoms with Gasteiger partial charge in [0.1, 0.15) is 5.52 Å². The Hall–Kier alpha value is -2.09. The number of halogens is 1. The highest BCUT2D eigenvalue weighted by Gasteiger charge is 2.30. The number of benzene rings is 2. The summed E-state index contributed by atoms with van der Waals surface area (Å²) in [7, 11) is -1.76. The fraction of sp³-hybridized carbons (Fsp3) is 0.462. The molecule has 4 rings (SSSR count). The number of rotatable bonds is 9. The number of para-hydroxylation sites is 1. The first-order valence-corrected chi connectivity index (χ1v) is 16.7. The number of carbonyl (C=O) groups excluding carboxylic acids is 1. The molecule has 2 aromatic carbocycles. The maximum atomic E-state index is 13.7. The standard InChI is InChI=1S/C26H34N4O5S3.ClH/c1-28(2)17-18-30(26-27-24-22(36-26)11-8-12-23(24)37(4,32)33)25(31)19-13-15-21(16-14-19)38(34,35)29(3)20-9-6-5-7-10-20;/h8,11-16,20H,5-7,9-10,17-18H2,1-4H3;1H. The minimum atomic E-state index is -3.68. The Labute approximate surface area is 241 Å². The summed E-state index contributed by atoms with van der Waals surface area (Å²) in [6.07, 6.45) is 6.04. The molecule has 13 heteroatoms. The van der Waals surface area contributed by atoms with Gasteiger partial charge in [0, 0.05) is 38.0 Å². The molecular weight excluding hydrogens is 580 g/mol. The number of hydrogen-bond acceptors (Lipinski definition) is 8. The summed E-state index contributed by atoms with van der Waals surface area (Å²) >= 11 is 1.25. The fourth-order valence-electron chi connectivity index (χ4n) is 4.64. The van der Waals surface area contributed by atoms with Gasteiger partial charge in [-0.05, 0) is 63.3 Å². The van der Waals surface area contributed by atoms with E-state index in [1.54, 1.807) is 19.2 Å². The second kappa shape index (κ2) is 12.6. The van der Waals surface area contributed by atoms with E-state index in [1.165, 1.54) is 50.9 Å². The Morgan fingerprint density at radius 2 is 1.59 bits per heavy atom. The van der Waals surface area contributed by atoms with Gasteiger partial charge in [-0.3, -0.25) is 9.69 Å². The van der Waals surface area contributed by atoms with Gasteiger partial charge in [-0.2, -0.15) is 4.31 Å². The van der Waals surface area contributed by atoms with Crippen molar-refractivity contribution < 1.29 is 21.6 Å². The van der Waals surface area contributed by atoms with Crippen LogP contribution in [0.2, 0.25) is 0 Å². The number of carbonyl (C=O) groups is 1. The number of thiazole rings is 1. The number of anilines is 1. The molecule has 0 unspecified atom stereocenters. The highest BCUT2D eigenvalue weighted by molar-refractivity contribution is 7.91. The van der Waals surface area contributed by atoms with Crippen LogP contribution in [0, 0.1) is 0 Å². The third kappa shape index (κ3) is 6.98. The van der Waals surface area contributed by atoms with Crippen molar-refractivity contribution in [3.63, 3.8) is 0 Å². The van der Waals surface area contributed by atoms with Crippen molar-refractivity contribution in [1.29, 1.82) is 0 Å². The first-order valence-electron chi connectivity index (χ1n) is 12.5. The topological polar surface area (TPSA) is 108 Å². The molecule has 0 atom stereocenters. The van der Waals surface area contributed by atoms with Crippen LogP contribution in [0.5, 0.6) is 0 Å². The zero-order chi connectivity index (χ0) is 27.7. The van der Waals surface area contributed by atoms with Crippen LogP contribution in [-0.2, 0) is 19.9 Å². The second-order valence-corrected chi connectivity index (χ2v) is 15.0. The third-order valence-corrected chi connectivity index (χ3v) is 11.0. The zero-order valence-electron chi connectivity index (χ0n) is 22.5. The highest BCUT2D eigenvalue weighted by Crippen LogP contribution is 2.33. The zero-order valence-corrected chi connectivity index (χ0v) is 25.8. The molecule has 1 aliphatic rings. The van der Waals surface area contributed by atoms with Gasteiger partial charge < -0.3 is 4.90 Å². The number of likely N-dealkylation sites (N-methyl/N-ethyl adjacent to an activating group) is 1. The van der Waals surface area contributed by atoms with E-state index in [-0.39, 0.29) is 34.1 Å². The molecule has 0 radical (unpaired) electrons. The lowest BCUT2D eigenvalue weighted by molar-refractivity contribution is 0.0985. The molecule has 39 heavy (non-hydrogen) atoms. The molecule has 214 valence electrons. The Morgan fingerprint density at radius 3 is 2.18 bits per heavy atom. The van der Waals surface area contributed by atoms with Gasteiger partial charge in [-0.15, -0.1) is 12.4 Å². The Kier molecular flexibility index (Phi) is 10.2. The van der Waals surface area contributed by atoms with Gasteiger partial charge in [0.2, 0.25) is 10.0 Å². The quantitative estimate of drug-likeness (QED) is 0.354. The lowest BCUT2D eigenvalue weighted by Crippen LogP contribution is -2.38. The lowest BCUT2D eigenvalue weighted by atomic mass is 9.96. The molecular formula is C26H35ClN4O5S3. The number of sulfone groups is 1. The molecule has 3 aromatic rings. The van der Waals surface area contributed by atoms with Crippen LogP contribution >= 0.6 is 23.7 Å². The van der Waals surface area contributed by atoms with E-state index >= 15 is 0 Å². The van der Waals surface area contributed by atoms with Crippen molar-refractivity contribution >= 4 is 64.9 Å². The van der Waals surface area contributed by atoms with Gasteiger partial charge >= 0.3 is 0 Å². The molecule has 1 aliphatic carbocycles. The summed E-state index contributed by atoms with van der Waals surface area (Å²) in [5, 5.41) is 0.386. The Morgan fingerprint density at radius 1 is 0.949 bits per heavy atom. The van der Waals surface area contributed by atoms with E-state index in [1.807, 2.05) is 19.0 Å². The van der Waals surface area contributed by atoms with Gasteiger partial charge in [0.15, 0.2) is 15.0 Å². The number of fused-ring (bicyclic) bond motifs is 1. The molecule has 9 nitrogen and oxygen atoms in total. The van der Waals surface area contributed by atoms with Crippen molar-refractivity contribution in [2.45, 2.75) is 47.9 Å². The molecule has 1 aromatic heterocycles. The monoisotopic (exact) mass is 614 g/mol. The summed E-state index contributed by atoms with van der Waals surface area (Å²) in [5.74, 6) is -0.337. The number of sulfonamides is 1. The minimum Gasteiger partial charge on any atom is -0.308 e. The van der Waals surface area contributed by atoms with Gasteiger partial charge in [0.25, 0.3) is 5.91 Å². The van der Waals surface area contributed by atoms with Crippen LogP contribution in [0.25, 0.3) is 10.2 Å². The van der Waals surface area contributed by atoms with Crippen molar-refractivity contribution in [1.82, 2.24) is 14.2 Å². The second-order valence-electron chi connectivity index (χ2n) is 9.97. The first kappa shape index (κ1) is 31.4. The van der Waals surface area contributed by atoms with E-state index in [0.717, 1.165) is 38.4 Å². The van der Waals surface area contributed by atoms with Crippen molar-refractivity contribution in [3.05, 3.63) is 48.0 Å². The van der Waals surface area contributed by atoms with Gasteiger partial charge in [-0.25, -0.2) is 21.8 Å². The van der Waals surface area contributed by atoms with Crippen LogP contribution in [0.15, 0.2) is 52.3 Å². The van der Waals surface area contributed by atoms with E-state index < -0.39 is 19.9 Å². The largest absolute Gasteiger partial charge is 0.308 e. The number of aromatic nitrogens is 1. The smallest absolute Gasteiger partial charge is 0.260 e. The Bertz CT molecular complexity index is 1520. The van der Waals surface area contributed by atoms with Crippen LogP contribution in [0.4, 0.5) is 5.13 Å². The van der Waals surface area contributed by atoms with Gasteiger partial charge in [-0.1, -0.05) is 36.7 Å². The minimum absolute atomic E-state index is 0. The summed E-state index contributed by atoms with van der Waals surface area (Å²) in [5.41, 5.74) is 0.662. The maximum absolute atomic E-state index is 13.7. The lowest BCUT2D eigenvalue weighted by Gasteiger charge is -2.30. The molecule has 0 aliphatic heterocycles. The van der Waals surface area contributed by atoms with Crippen molar-refractivity contribution in [2.75, 3.05) is 45.4 Å². The van der Waals surface area contributed by atoms with Crippen LogP contribution in [0.1, 0.15) is 42.5 Å². The average molecular weight is 615 g/mol. The normalized spacial score (nSPS) is 15.0. The molecule has 1 heterocycles. The summed E-state index contributed by atoms with van der Waals surface area (Å²) in [4.78, 5) is 21.9. The van der Waals surface area contributed by atoms with Crippen LogP contribution < -0.4 is 4.90 Å². The molecule has 0 saturated heterocycles. The van der Waals surface area contributed by atoms with E-state index in [2.05, 4.69) is 4.98 Å². The Balaban J connectivity index is 0.00000420. The van der Waals surface area contributed by atoms with Crippen LogP contribution in [0.3, 0.4) is 0 Å². The molecule has 1 amide bonds. The van der Waals surface area contributed by atoms with E-state index in [9.17, 15) is 21.6 Å². The molecule has 1 fully saturated rings. The molecule has 0 N–H and O–H groups in total. The fourth-order valence-corrected chi connectivity index (χ4v) is 7.97. The number of hydrogen-bond donors (Lipinski definition) is 0. The molecule has 1 saturated carbocycles. The average Bonchev–Trinajstić information content (AvgIpc) is 3.32. The number of amides is 1. The number of nitrogens with zero attached hydrogens (tertiary/aromatic N) is 4. The van der Waals surface area contributed by atoms with E-state index in [4.69, 9.17) is 0 Å². The summed E-state index contributed by atoms with van der Waals surface area (Å²) in [6.45, 7) is 0.879. The summed E-state index contributed by atoms with van der Waals surface area (Å²) < 4.78 is 53.1. The van der Waals surface area contributed by atoms with Crippen molar-refractivity contribution in [3.8, 4) is 0 Å².